The van der Waals surface area contributed by atoms with Crippen LogP contribution in [0.2, 0.25) is 0 Å². The molecule has 0 bridgehead atoms. The zero-order chi connectivity index (χ0) is 16.9. The van der Waals surface area contributed by atoms with Gasteiger partial charge in [-0.05, 0) is 22.6 Å². The molecule has 1 aromatic heterocycles. The molecule has 1 atom stereocenters. The van der Waals surface area contributed by atoms with Crippen molar-refractivity contribution in [1.82, 2.24) is 0 Å². The van der Waals surface area contributed by atoms with Gasteiger partial charge < -0.3 is 4.74 Å². The summed E-state index contributed by atoms with van der Waals surface area (Å²) in [6.45, 7) is 0. The highest BCUT2D eigenvalue weighted by Gasteiger charge is 2.23. The molecule has 0 radical (unpaired) electrons. The highest BCUT2D eigenvalue weighted by molar-refractivity contribution is 7.84. The minimum atomic E-state index is -1.22. The molecule has 3 rings (SSSR count). The first-order chi connectivity index (χ1) is 11.7. The van der Waals surface area contributed by atoms with Crippen LogP contribution in [-0.2, 0) is 15.5 Å². The predicted octanol–water partition coefficient (Wildman–Crippen LogP) is 4.43. The molecule has 122 valence electrons. The lowest BCUT2D eigenvalue weighted by Gasteiger charge is -2.18. The van der Waals surface area contributed by atoms with Crippen LogP contribution in [0.4, 0.5) is 0 Å². The zero-order valence-corrected chi connectivity index (χ0v) is 14.7. The van der Waals surface area contributed by atoms with E-state index in [9.17, 15) is 9.00 Å². The highest BCUT2D eigenvalue weighted by Crippen LogP contribution is 2.29. The van der Waals surface area contributed by atoms with E-state index in [1.165, 1.54) is 11.3 Å². The molecule has 0 spiro atoms. The van der Waals surface area contributed by atoms with Gasteiger partial charge in [-0.1, -0.05) is 60.7 Å². The molecule has 3 nitrogen and oxygen atoms in total. The number of ether oxygens (including phenoxy) is 1. The van der Waals surface area contributed by atoms with Gasteiger partial charge in [0.15, 0.2) is 6.10 Å². The second-order valence-electron chi connectivity index (χ2n) is 5.17. The lowest BCUT2D eigenvalue weighted by atomic mass is 10.0. The maximum atomic E-state index is 12.6. The summed E-state index contributed by atoms with van der Waals surface area (Å²) < 4.78 is 17.6. The third-order valence-electron chi connectivity index (χ3n) is 3.55. The molecule has 1 heterocycles. The second kappa shape index (κ2) is 7.55. The van der Waals surface area contributed by atoms with E-state index in [1.807, 2.05) is 60.7 Å². The van der Waals surface area contributed by atoms with Crippen LogP contribution < -0.4 is 0 Å². The van der Waals surface area contributed by atoms with E-state index in [0.29, 0.717) is 9.77 Å². The summed E-state index contributed by atoms with van der Waals surface area (Å²) in [4.78, 5) is 13.6. The molecule has 1 unspecified atom stereocenters. The lowest BCUT2D eigenvalue weighted by molar-refractivity contribution is 0.0380. The van der Waals surface area contributed by atoms with E-state index in [1.54, 1.807) is 17.7 Å². The Hall–Kier alpha value is -2.24. The van der Waals surface area contributed by atoms with E-state index in [4.69, 9.17) is 4.74 Å². The molecule has 0 amide bonds. The summed E-state index contributed by atoms with van der Waals surface area (Å²) in [5.74, 6) is -0.451. The normalized spacial score (nSPS) is 12.1. The predicted molar refractivity (Wildman–Crippen MR) is 96.8 cm³/mol. The first kappa shape index (κ1) is 16.6. The van der Waals surface area contributed by atoms with Gasteiger partial charge in [-0.25, -0.2) is 4.79 Å². The molecule has 24 heavy (non-hydrogen) atoms. The average molecular weight is 356 g/mol. The van der Waals surface area contributed by atoms with Gasteiger partial charge in [-0.3, -0.25) is 4.21 Å². The van der Waals surface area contributed by atoms with Gasteiger partial charge >= 0.3 is 5.97 Å². The molecule has 2 aromatic carbocycles. The third kappa shape index (κ3) is 3.63. The second-order valence-corrected chi connectivity index (χ2v) is 7.44. The average Bonchev–Trinajstić information content (AvgIpc) is 3.11. The van der Waals surface area contributed by atoms with Crippen molar-refractivity contribution in [2.75, 3.05) is 6.26 Å². The van der Waals surface area contributed by atoms with Crippen molar-refractivity contribution in [3.63, 3.8) is 0 Å². The van der Waals surface area contributed by atoms with Crippen LogP contribution in [0.3, 0.4) is 0 Å². The van der Waals surface area contributed by atoms with Crippen LogP contribution in [-0.4, -0.2) is 16.4 Å². The molecule has 0 aliphatic heterocycles. The summed E-state index contributed by atoms with van der Waals surface area (Å²) >= 11 is 1.25. The Morgan fingerprint density at radius 3 is 2.00 bits per heavy atom. The Balaban J connectivity index is 1.94. The van der Waals surface area contributed by atoms with Crippen molar-refractivity contribution < 1.29 is 13.7 Å². The van der Waals surface area contributed by atoms with E-state index in [2.05, 4.69) is 0 Å². The molecule has 0 N–H and O–H groups in total. The minimum Gasteiger partial charge on any atom is -0.448 e. The van der Waals surface area contributed by atoms with Crippen LogP contribution in [0, 0.1) is 0 Å². The topological polar surface area (TPSA) is 43.4 Å². The first-order valence-corrected chi connectivity index (χ1v) is 9.82. The molecule has 0 saturated heterocycles. The number of esters is 1. The number of hydrogen-bond donors (Lipinski definition) is 0. The minimum absolute atomic E-state index is 0.396. The van der Waals surface area contributed by atoms with E-state index in [0.717, 1.165) is 11.1 Å². The van der Waals surface area contributed by atoms with Crippen LogP contribution in [0.15, 0.2) is 77.0 Å². The maximum absolute atomic E-state index is 12.6. The fraction of sp³-hybridized carbons (Fsp3) is 0.105. The van der Waals surface area contributed by atoms with Gasteiger partial charge in [0.2, 0.25) is 0 Å². The summed E-state index contributed by atoms with van der Waals surface area (Å²) in [5.41, 5.74) is 1.79. The van der Waals surface area contributed by atoms with E-state index >= 15 is 0 Å². The number of benzene rings is 2. The first-order valence-electron chi connectivity index (χ1n) is 7.38. The summed E-state index contributed by atoms with van der Waals surface area (Å²) in [6.07, 6.45) is 1.06. The van der Waals surface area contributed by atoms with Crippen molar-refractivity contribution in [2.45, 2.75) is 11.0 Å². The van der Waals surface area contributed by atoms with E-state index < -0.39 is 22.9 Å². The largest absolute Gasteiger partial charge is 0.448 e. The lowest BCUT2D eigenvalue weighted by Crippen LogP contribution is -2.13. The quantitative estimate of drug-likeness (QED) is 0.635. The number of rotatable bonds is 5. The summed E-state index contributed by atoms with van der Waals surface area (Å²) in [6, 6.07) is 20.9. The molecule has 0 saturated carbocycles. The Kier molecular flexibility index (Phi) is 5.23. The highest BCUT2D eigenvalue weighted by atomic mass is 32.2. The SMILES string of the molecule is CS(=O)c1ccsc1C(=O)OC(c1ccccc1)c1ccccc1. The standard InChI is InChI=1S/C19H16O3S2/c1-24(21)16-12-13-23-18(16)19(20)22-17(14-8-4-2-5-9-14)15-10-6-3-7-11-15/h2-13,17H,1H3. The van der Waals surface area contributed by atoms with Gasteiger partial charge in [0, 0.05) is 6.26 Å². The fourth-order valence-electron chi connectivity index (χ4n) is 2.42. The molecule has 3 aromatic rings. The fourth-order valence-corrected chi connectivity index (χ4v) is 4.27. The van der Waals surface area contributed by atoms with Gasteiger partial charge in [-0.15, -0.1) is 11.3 Å². The Morgan fingerprint density at radius 2 is 1.50 bits per heavy atom. The van der Waals surface area contributed by atoms with Crippen LogP contribution >= 0.6 is 11.3 Å². The third-order valence-corrected chi connectivity index (χ3v) is 5.54. The Labute approximate surface area is 147 Å². The Morgan fingerprint density at radius 1 is 0.958 bits per heavy atom. The van der Waals surface area contributed by atoms with Crippen molar-refractivity contribution >= 4 is 28.1 Å². The van der Waals surface area contributed by atoms with Crippen molar-refractivity contribution in [3.05, 3.63) is 88.1 Å². The zero-order valence-electron chi connectivity index (χ0n) is 13.0. The van der Waals surface area contributed by atoms with Crippen molar-refractivity contribution in [3.8, 4) is 0 Å². The monoisotopic (exact) mass is 356 g/mol. The molecular weight excluding hydrogens is 340 g/mol. The maximum Gasteiger partial charge on any atom is 0.350 e. The molecule has 0 fully saturated rings. The smallest absolute Gasteiger partial charge is 0.350 e. The van der Waals surface area contributed by atoms with Gasteiger partial charge in [0.25, 0.3) is 0 Å². The van der Waals surface area contributed by atoms with Crippen LogP contribution in [0.5, 0.6) is 0 Å². The van der Waals surface area contributed by atoms with Gasteiger partial charge in [0.1, 0.15) is 4.88 Å². The molecule has 0 aliphatic carbocycles. The number of hydrogen-bond acceptors (Lipinski definition) is 4. The molecule has 5 heteroatoms. The van der Waals surface area contributed by atoms with Gasteiger partial charge in [0.05, 0.1) is 15.7 Å². The number of thiophene rings is 1. The van der Waals surface area contributed by atoms with Crippen molar-refractivity contribution in [1.29, 1.82) is 0 Å². The number of carbonyl (C=O) groups is 1. The van der Waals surface area contributed by atoms with Crippen LogP contribution in [0.1, 0.15) is 26.9 Å². The number of carbonyl (C=O) groups excluding carboxylic acids is 1. The van der Waals surface area contributed by atoms with Crippen molar-refractivity contribution in [2.24, 2.45) is 0 Å². The summed E-state index contributed by atoms with van der Waals surface area (Å²) in [7, 11) is -1.22. The molecule has 0 aliphatic rings. The summed E-state index contributed by atoms with van der Waals surface area (Å²) in [5, 5.41) is 1.76. The Bertz CT molecular complexity index is 802. The van der Waals surface area contributed by atoms with E-state index in [-0.39, 0.29) is 0 Å². The molecular formula is C19H16O3S2. The van der Waals surface area contributed by atoms with Crippen LogP contribution in [0.25, 0.3) is 0 Å². The van der Waals surface area contributed by atoms with Gasteiger partial charge in [-0.2, -0.15) is 0 Å².